The van der Waals surface area contributed by atoms with E-state index in [0.29, 0.717) is 12.2 Å². The first-order valence-corrected chi connectivity index (χ1v) is 15.0. The second-order valence-electron chi connectivity index (χ2n) is 13.4. The van der Waals surface area contributed by atoms with Crippen molar-refractivity contribution >= 4 is 35.1 Å². The summed E-state index contributed by atoms with van der Waals surface area (Å²) in [4.78, 5) is 47.7. The third kappa shape index (κ3) is 7.62. The number of amides is 3. The van der Waals surface area contributed by atoms with Gasteiger partial charge in [0, 0.05) is 31.5 Å². The summed E-state index contributed by atoms with van der Waals surface area (Å²) in [6, 6.07) is 7.06. The molecule has 4 rings (SSSR count). The summed E-state index contributed by atoms with van der Waals surface area (Å²) in [5, 5.41) is 6.53. The molecule has 11 nitrogen and oxygen atoms in total. The standard InChI is InChI=1S/C33H46N6O5/c1-20-12-11-13-21(2)25(20)17-34-26-16-24(18-39-23(4)22(3)35-28(26)39)36-29(40)27-19-37(30(41)43-32(5,6)7)14-15-38(27)31(42)44-33(8,9)10/h11-13,16,18,27,34H,14-15,17,19H2,1-10H3,(H,36,40)/t27-/m1/s1. The van der Waals surface area contributed by atoms with Gasteiger partial charge in [0.25, 0.3) is 0 Å². The normalized spacial score (nSPS) is 15.7. The highest BCUT2D eigenvalue weighted by atomic mass is 16.6. The number of hydrogen-bond donors (Lipinski definition) is 2. The molecule has 1 fully saturated rings. The van der Waals surface area contributed by atoms with E-state index in [1.54, 1.807) is 41.5 Å². The second kappa shape index (κ2) is 12.4. The number of aryl methyl sites for hydroxylation is 4. The zero-order valence-electron chi connectivity index (χ0n) is 27.6. The number of carbonyl (C=O) groups is 3. The zero-order valence-corrected chi connectivity index (χ0v) is 27.6. The molecule has 3 amide bonds. The number of anilines is 2. The largest absolute Gasteiger partial charge is 0.444 e. The number of pyridine rings is 1. The summed E-state index contributed by atoms with van der Waals surface area (Å²) < 4.78 is 13.1. The highest BCUT2D eigenvalue weighted by molar-refractivity contribution is 5.98. The van der Waals surface area contributed by atoms with E-state index in [1.807, 2.05) is 36.6 Å². The van der Waals surface area contributed by atoms with Crippen LogP contribution < -0.4 is 10.6 Å². The van der Waals surface area contributed by atoms with E-state index >= 15 is 0 Å². The van der Waals surface area contributed by atoms with E-state index in [0.717, 1.165) is 22.7 Å². The van der Waals surface area contributed by atoms with Crippen LogP contribution in [-0.4, -0.2) is 74.2 Å². The number of imidazole rings is 1. The molecule has 3 aromatic rings. The van der Waals surface area contributed by atoms with Gasteiger partial charge >= 0.3 is 12.2 Å². The number of fused-ring (bicyclic) bond motifs is 1. The number of ether oxygens (including phenoxy) is 2. The van der Waals surface area contributed by atoms with Gasteiger partial charge < -0.3 is 29.4 Å². The molecule has 0 unspecified atom stereocenters. The third-order valence-electron chi connectivity index (χ3n) is 7.53. The molecule has 238 valence electrons. The predicted molar refractivity (Wildman–Crippen MR) is 171 cm³/mol. The maximum absolute atomic E-state index is 13.9. The van der Waals surface area contributed by atoms with Crippen LogP contribution in [0.2, 0.25) is 0 Å². The monoisotopic (exact) mass is 606 g/mol. The Balaban J connectivity index is 1.64. The Kier molecular flexibility index (Phi) is 9.18. The summed E-state index contributed by atoms with van der Waals surface area (Å²) >= 11 is 0. The molecular formula is C33H46N6O5. The van der Waals surface area contributed by atoms with Crippen LogP contribution in [-0.2, 0) is 20.8 Å². The number of nitrogens with zero attached hydrogens (tertiary/aromatic N) is 4. The summed E-state index contributed by atoms with van der Waals surface area (Å²) in [6.07, 6.45) is 0.663. The number of nitrogens with one attached hydrogen (secondary N) is 2. The number of aromatic nitrogens is 2. The molecule has 0 saturated carbocycles. The van der Waals surface area contributed by atoms with Crippen LogP contribution in [0.1, 0.15) is 69.6 Å². The molecule has 44 heavy (non-hydrogen) atoms. The number of piperazine rings is 1. The lowest BCUT2D eigenvalue weighted by molar-refractivity contribution is -0.123. The van der Waals surface area contributed by atoms with Crippen molar-refractivity contribution in [3.63, 3.8) is 0 Å². The molecule has 0 spiro atoms. The lowest BCUT2D eigenvalue weighted by Crippen LogP contribution is -2.61. The van der Waals surface area contributed by atoms with Crippen LogP contribution in [0.15, 0.2) is 30.5 Å². The number of benzene rings is 1. The number of hydrogen-bond acceptors (Lipinski definition) is 7. The smallest absolute Gasteiger partial charge is 0.411 e. The Morgan fingerprint density at radius 3 is 2.16 bits per heavy atom. The predicted octanol–water partition coefficient (Wildman–Crippen LogP) is 5.97. The molecule has 11 heteroatoms. The Labute approximate surface area is 259 Å². The Morgan fingerprint density at radius 1 is 0.932 bits per heavy atom. The summed E-state index contributed by atoms with van der Waals surface area (Å²) in [5.41, 5.74) is 5.94. The zero-order chi connectivity index (χ0) is 32.6. The van der Waals surface area contributed by atoms with Gasteiger partial charge in [0.15, 0.2) is 5.65 Å². The van der Waals surface area contributed by atoms with Gasteiger partial charge in [-0.05, 0) is 92.0 Å². The summed E-state index contributed by atoms with van der Waals surface area (Å²) in [5.74, 6) is -0.446. The van der Waals surface area contributed by atoms with Gasteiger partial charge in [-0.3, -0.25) is 9.69 Å². The van der Waals surface area contributed by atoms with Gasteiger partial charge in [-0.25, -0.2) is 14.6 Å². The van der Waals surface area contributed by atoms with Crippen molar-refractivity contribution in [1.29, 1.82) is 0 Å². The van der Waals surface area contributed by atoms with E-state index in [9.17, 15) is 14.4 Å². The minimum Gasteiger partial charge on any atom is -0.444 e. The van der Waals surface area contributed by atoms with Gasteiger partial charge in [-0.15, -0.1) is 0 Å². The highest BCUT2D eigenvalue weighted by Crippen LogP contribution is 2.27. The van der Waals surface area contributed by atoms with Crippen LogP contribution in [0.5, 0.6) is 0 Å². The van der Waals surface area contributed by atoms with Crippen molar-refractivity contribution in [3.05, 3.63) is 58.5 Å². The first kappa shape index (κ1) is 32.6. The van der Waals surface area contributed by atoms with Crippen molar-refractivity contribution in [2.24, 2.45) is 0 Å². The van der Waals surface area contributed by atoms with E-state index in [-0.39, 0.29) is 19.6 Å². The topological polar surface area (TPSA) is 118 Å². The molecule has 1 saturated heterocycles. The van der Waals surface area contributed by atoms with E-state index < -0.39 is 35.3 Å². The molecule has 0 radical (unpaired) electrons. The van der Waals surface area contributed by atoms with Crippen molar-refractivity contribution in [2.75, 3.05) is 30.3 Å². The molecule has 1 aliphatic heterocycles. The molecule has 1 aromatic carbocycles. The van der Waals surface area contributed by atoms with E-state index in [1.165, 1.54) is 26.5 Å². The van der Waals surface area contributed by atoms with E-state index in [2.05, 4.69) is 36.6 Å². The molecule has 3 heterocycles. The molecule has 1 atom stereocenters. The van der Waals surface area contributed by atoms with Gasteiger partial charge in [0.2, 0.25) is 5.91 Å². The van der Waals surface area contributed by atoms with Crippen LogP contribution in [0.25, 0.3) is 5.65 Å². The fraction of sp³-hybridized carbons (Fsp3) is 0.515. The maximum Gasteiger partial charge on any atom is 0.411 e. The average molecular weight is 607 g/mol. The third-order valence-corrected chi connectivity index (χ3v) is 7.53. The van der Waals surface area contributed by atoms with Gasteiger partial charge in [-0.2, -0.15) is 0 Å². The van der Waals surface area contributed by atoms with Crippen molar-refractivity contribution in [2.45, 2.75) is 93.0 Å². The Bertz CT molecular complexity index is 1550. The fourth-order valence-corrected chi connectivity index (χ4v) is 5.15. The second-order valence-corrected chi connectivity index (χ2v) is 13.4. The molecule has 2 N–H and O–H groups in total. The lowest BCUT2D eigenvalue weighted by atomic mass is 10.0. The van der Waals surface area contributed by atoms with Crippen LogP contribution >= 0.6 is 0 Å². The SMILES string of the molecule is Cc1cccc(C)c1CNc1cc(NC(=O)[C@H]2CN(C(=O)OC(C)(C)C)CCN2C(=O)OC(C)(C)C)cn2c(C)c(C)nc12. The van der Waals surface area contributed by atoms with Crippen LogP contribution in [0.4, 0.5) is 21.0 Å². The molecule has 1 aliphatic rings. The lowest BCUT2D eigenvalue weighted by Gasteiger charge is -2.41. The number of carbonyl (C=O) groups excluding carboxylic acids is 3. The van der Waals surface area contributed by atoms with E-state index in [4.69, 9.17) is 14.5 Å². The summed E-state index contributed by atoms with van der Waals surface area (Å²) in [6.45, 7) is 19.6. The minimum atomic E-state index is -1.00. The fourth-order valence-electron chi connectivity index (χ4n) is 5.15. The molecule has 2 aromatic heterocycles. The Hall–Kier alpha value is -4.28. The van der Waals surface area contributed by atoms with Crippen LogP contribution in [0.3, 0.4) is 0 Å². The van der Waals surface area contributed by atoms with Gasteiger partial charge in [-0.1, -0.05) is 18.2 Å². The van der Waals surface area contributed by atoms with Gasteiger partial charge in [0.05, 0.1) is 23.6 Å². The van der Waals surface area contributed by atoms with Gasteiger partial charge in [0.1, 0.15) is 17.2 Å². The van der Waals surface area contributed by atoms with Crippen molar-refractivity contribution < 1.29 is 23.9 Å². The maximum atomic E-state index is 13.9. The summed E-state index contributed by atoms with van der Waals surface area (Å²) in [7, 11) is 0. The average Bonchev–Trinajstić information content (AvgIpc) is 3.19. The highest BCUT2D eigenvalue weighted by Gasteiger charge is 2.40. The number of rotatable bonds is 5. The van der Waals surface area contributed by atoms with Crippen molar-refractivity contribution in [1.82, 2.24) is 19.2 Å². The minimum absolute atomic E-state index is 0.0386. The Morgan fingerprint density at radius 2 is 1.55 bits per heavy atom. The first-order valence-electron chi connectivity index (χ1n) is 15.0. The van der Waals surface area contributed by atoms with Crippen molar-refractivity contribution in [3.8, 4) is 0 Å². The first-order chi connectivity index (χ1) is 20.4. The molecule has 0 aliphatic carbocycles. The molecular weight excluding hydrogens is 560 g/mol. The van der Waals surface area contributed by atoms with Crippen LogP contribution in [0, 0.1) is 27.7 Å². The molecule has 0 bridgehead atoms. The quantitative estimate of drug-likeness (QED) is 0.367.